The van der Waals surface area contributed by atoms with Crippen molar-refractivity contribution in [3.8, 4) is 11.4 Å². The molecule has 2 saturated carbocycles. The first-order valence-corrected chi connectivity index (χ1v) is 14.0. The number of urea groups is 1. The zero-order chi connectivity index (χ0) is 25.5. The van der Waals surface area contributed by atoms with Gasteiger partial charge in [0.25, 0.3) is 0 Å². The molecule has 2 amide bonds. The number of amides is 2. The molecule has 0 bridgehead atoms. The third-order valence-corrected chi connectivity index (χ3v) is 10.2. The van der Waals surface area contributed by atoms with Crippen LogP contribution in [0.4, 0.5) is 16.3 Å². The summed E-state index contributed by atoms with van der Waals surface area (Å²) in [5.41, 5.74) is 1.88. The number of rotatable bonds is 8. The standard InChI is InChI=1S/C25H33N5O5S/c1-16-14-35-15-17(2)30(16)22-13-21(25(9-10-25)36(33,34)20-7-8-20)28-23(29-22)18-3-5-19(6-4-18)27-24(32)26-11-12-31/h3-6,13,16-17,20,31H,7-12,14-15H2,1-2H3,(H2,26,27,32). The van der Waals surface area contributed by atoms with Crippen LogP contribution in [0.3, 0.4) is 0 Å². The average Bonchev–Trinajstić information content (AvgIpc) is 3.76. The summed E-state index contributed by atoms with van der Waals surface area (Å²) in [6, 6.07) is 8.75. The van der Waals surface area contributed by atoms with Crippen LogP contribution < -0.4 is 15.5 Å². The Morgan fingerprint density at radius 1 is 1.14 bits per heavy atom. The first-order chi connectivity index (χ1) is 17.2. The van der Waals surface area contributed by atoms with Gasteiger partial charge in [0.2, 0.25) is 0 Å². The van der Waals surface area contributed by atoms with Crippen LogP contribution in [-0.2, 0) is 19.3 Å². The van der Waals surface area contributed by atoms with Crippen molar-refractivity contribution in [2.45, 2.75) is 61.6 Å². The van der Waals surface area contributed by atoms with Crippen molar-refractivity contribution in [3.63, 3.8) is 0 Å². The highest BCUT2D eigenvalue weighted by molar-refractivity contribution is 7.93. The molecule has 5 rings (SSSR count). The van der Waals surface area contributed by atoms with Crippen molar-refractivity contribution in [2.24, 2.45) is 0 Å². The van der Waals surface area contributed by atoms with Gasteiger partial charge >= 0.3 is 6.03 Å². The highest BCUT2D eigenvalue weighted by atomic mass is 32.2. The van der Waals surface area contributed by atoms with Crippen LogP contribution in [0.1, 0.15) is 45.2 Å². The molecular formula is C25H33N5O5S. The Kier molecular flexibility index (Phi) is 6.65. The molecule has 10 nitrogen and oxygen atoms in total. The lowest BCUT2D eigenvalue weighted by atomic mass is 10.1. The van der Waals surface area contributed by atoms with E-state index in [4.69, 9.17) is 19.8 Å². The van der Waals surface area contributed by atoms with E-state index in [0.29, 0.717) is 49.1 Å². The van der Waals surface area contributed by atoms with Crippen molar-refractivity contribution in [1.82, 2.24) is 15.3 Å². The number of morpholine rings is 1. The molecule has 3 aliphatic rings. The van der Waals surface area contributed by atoms with Crippen LogP contribution in [0, 0.1) is 0 Å². The number of benzene rings is 1. The van der Waals surface area contributed by atoms with Gasteiger partial charge in [-0.15, -0.1) is 0 Å². The predicted molar refractivity (Wildman–Crippen MR) is 137 cm³/mol. The number of hydrogen-bond donors (Lipinski definition) is 3. The maximum atomic E-state index is 13.4. The van der Waals surface area contributed by atoms with Gasteiger partial charge in [-0.05, 0) is 63.8 Å². The van der Waals surface area contributed by atoms with E-state index >= 15 is 0 Å². The lowest BCUT2D eigenvalue weighted by Gasteiger charge is -2.40. The Balaban J connectivity index is 1.51. The molecule has 2 heterocycles. The van der Waals surface area contributed by atoms with Crippen LogP contribution in [0.15, 0.2) is 30.3 Å². The summed E-state index contributed by atoms with van der Waals surface area (Å²) in [6.45, 7) is 5.32. The highest BCUT2D eigenvalue weighted by Gasteiger charge is 2.61. The van der Waals surface area contributed by atoms with Gasteiger partial charge in [-0.3, -0.25) is 0 Å². The van der Waals surface area contributed by atoms with E-state index in [2.05, 4.69) is 29.4 Å². The Morgan fingerprint density at radius 3 is 2.39 bits per heavy atom. The lowest BCUT2D eigenvalue weighted by Crippen LogP contribution is -2.50. The molecular weight excluding hydrogens is 482 g/mol. The Labute approximate surface area is 211 Å². The monoisotopic (exact) mass is 515 g/mol. The first kappa shape index (κ1) is 24.9. The second kappa shape index (κ2) is 9.60. The number of hydrogen-bond acceptors (Lipinski definition) is 8. The molecule has 1 saturated heterocycles. The Hall–Kier alpha value is -2.76. The molecule has 11 heteroatoms. The van der Waals surface area contributed by atoms with E-state index in [-0.39, 0.29) is 30.5 Å². The van der Waals surface area contributed by atoms with E-state index in [0.717, 1.165) is 18.4 Å². The number of aromatic nitrogens is 2. The van der Waals surface area contributed by atoms with Gasteiger partial charge in [-0.1, -0.05) is 0 Å². The molecule has 36 heavy (non-hydrogen) atoms. The van der Waals surface area contributed by atoms with Gasteiger partial charge in [0.1, 0.15) is 10.6 Å². The summed E-state index contributed by atoms with van der Waals surface area (Å²) in [6.07, 6.45) is 2.63. The predicted octanol–water partition coefficient (Wildman–Crippen LogP) is 2.44. The maximum Gasteiger partial charge on any atom is 0.319 e. The quantitative estimate of drug-likeness (QED) is 0.488. The van der Waals surface area contributed by atoms with Crippen LogP contribution >= 0.6 is 0 Å². The number of nitrogens with zero attached hydrogens (tertiary/aromatic N) is 3. The van der Waals surface area contributed by atoms with Gasteiger partial charge in [-0.2, -0.15) is 0 Å². The van der Waals surface area contributed by atoms with Crippen molar-refractivity contribution >= 4 is 27.4 Å². The summed E-state index contributed by atoms with van der Waals surface area (Å²) < 4.78 is 31.6. The third-order valence-electron chi connectivity index (χ3n) is 7.12. The maximum absolute atomic E-state index is 13.4. The molecule has 1 aromatic carbocycles. The Morgan fingerprint density at radius 2 is 1.81 bits per heavy atom. The van der Waals surface area contributed by atoms with Crippen molar-refractivity contribution in [3.05, 3.63) is 36.0 Å². The topological polar surface area (TPSA) is 134 Å². The number of anilines is 2. The zero-order valence-electron chi connectivity index (χ0n) is 20.6. The van der Waals surface area contributed by atoms with Gasteiger partial charge in [0.15, 0.2) is 15.7 Å². The second-order valence-electron chi connectivity index (χ2n) is 10.00. The summed E-state index contributed by atoms with van der Waals surface area (Å²) in [7, 11) is -3.31. The number of ether oxygens (including phenoxy) is 1. The van der Waals surface area contributed by atoms with Gasteiger partial charge in [0, 0.05) is 23.9 Å². The van der Waals surface area contributed by atoms with Crippen molar-refractivity contribution in [1.29, 1.82) is 0 Å². The number of sulfone groups is 1. The summed E-state index contributed by atoms with van der Waals surface area (Å²) in [4.78, 5) is 23.8. The molecule has 2 atom stereocenters. The Bertz CT molecular complexity index is 1220. The third kappa shape index (κ3) is 4.67. The SMILES string of the molecule is CC1COCC(C)N1c1cc(C2(S(=O)(=O)C3CC3)CC2)nc(-c2ccc(NC(=O)NCCO)cc2)n1. The van der Waals surface area contributed by atoms with Crippen LogP contribution in [-0.4, -0.2) is 73.2 Å². The normalized spacial score (nSPS) is 23.2. The van der Waals surface area contributed by atoms with Gasteiger partial charge < -0.3 is 25.4 Å². The minimum Gasteiger partial charge on any atom is -0.395 e. The molecule has 3 fully saturated rings. The van der Waals surface area contributed by atoms with E-state index in [9.17, 15) is 13.2 Å². The summed E-state index contributed by atoms with van der Waals surface area (Å²) in [5, 5.41) is 13.9. The fourth-order valence-corrected chi connectivity index (χ4v) is 7.39. The molecule has 2 aliphatic carbocycles. The van der Waals surface area contributed by atoms with Crippen molar-refractivity contribution in [2.75, 3.05) is 36.6 Å². The summed E-state index contributed by atoms with van der Waals surface area (Å²) >= 11 is 0. The van der Waals surface area contributed by atoms with E-state index in [1.807, 2.05) is 18.2 Å². The zero-order valence-corrected chi connectivity index (χ0v) is 21.4. The number of carbonyl (C=O) groups is 1. The highest BCUT2D eigenvalue weighted by Crippen LogP contribution is 2.57. The molecule has 194 valence electrons. The largest absolute Gasteiger partial charge is 0.395 e. The number of aliphatic hydroxyl groups is 1. The second-order valence-corrected chi connectivity index (χ2v) is 12.5. The van der Waals surface area contributed by atoms with Gasteiger partial charge in [0.05, 0.1) is 42.8 Å². The average molecular weight is 516 g/mol. The lowest BCUT2D eigenvalue weighted by molar-refractivity contribution is 0.0752. The molecule has 0 spiro atoms. The van der Waals surface area contributed by atoms with E-state index in [1.54, 1.807) is 12.1 Å². The minimum atomic E-state index is -3.31. The van der Waals surface area contributed by atoms with Crippen LogP contribution in [0.5, 0.6) is 0 Å². The fourth-order valence-electron chi connectivity index (χ4n) is 4.93. The molecule has 2 unspecified atom stereocenters. The molecule has 1 aromatic heterocycles. The first-order valence-electron chi connectivity index (χ1n) is 12.5. The summed E-state index contributed by atoms with van der Waals surface area (Å²) in [5.74, 6) is 1.17. The number of nitrogens with one attached hydrogen (secondary N) is 2. The molecule has 2 aromatic rings. The fraction of sp³-hybridized carbons (Fsp3) is 0.560. The van der Waals surface area contributed by atoms with E-state index < -0.39 is 20.6 Å². The van der Waals surface area contributed by atoms with E-state index in [1.165, 1.54) is 0 Å². The van der Waals surface area contributed by atoms with Crippen molar-refractivity contribution < 1.29 is 23.1 Å². The van der Waals surface area contributed by atoms with Crippen LogP contribution in [0.25, 0.3) is 11.4 Å². The van der Waals surface area contributed by atoms with Gasteiger partial charge in [-0.25, -0.2) is 23.2 Å². The minimum absolute atomic E-state index is 0.0866. The molecule has 1 aliphatic heterocycles. The number of carbonyl (C=O) groups excluding carboxylic acids is 1. The molecule has 3 N–H and O–H groups in total. The molecule has 0 radical (unpaired) electrons. The van der Waals surface area contributed by atoms with Crippen LogP contribution in [0.2, 0.25) is 0 Å². The smallest absolute Gasteiger partial charge is 0.319 e. The number of aliphatic hydroxyl groups excluding tert-OH is 1.